The van der Waals surface area contributed by atoms with Crippen LogP contribution >= 0.6 is 7.26 Å². The topological polar surface area (TPSA) is 17.1 Å². The van der Waals surface area contributed by atoms with Gasteiger partial charge >= 0.3 is 0 Å². The molecule has 0 amide bonds. The van der Waals surface area contributed by atoms with Crippen molar-refractivity contribution >= 4 is 29.0 Å². The molecule has 24 heavy (non-hydrogen) atoms. The summed E-state index contributed by atoms with van der Waals surface area (Å²) in [5.41, 5.74) is 0. The van der Waals surface area contributed by atoms with Crippen LogP contribution in [-0.2, 0) is 27.2 Å². The first-order chi connectivity index (χ1) is 11.2. The molecule has 0 bridgehead atoms. The zero-order chi connectivity index (χ0) is 16.1. The van der Waals surface area contributed by atoms with Crippen molar-refractivity contribution in [2.24, 2.45) is 0 Å². The van der Waals surface area contributed by atoms with Gasteiger partial charge in [-0.1, -0.05) is 54.6 Å². The Labute approximate surface area is 160 Å². The van der Waals surface area contributed by atoms with Crippen molar-refractivity contribution in [2.75, 3.05) is 6.16 Å². The minimum Gasteiger partial charge on any atom is -0.296 e. The third-order valence-corrected chi connectivity index (χ3v) is 8.51. The van der Waals surface area contributed by atoms with Gasteiger partial charge in [0.2, 0.25) is 0 Å². The van der Waals surface area contributed by atoms with Gasteiger partial charge in [-0.3, -0.25) is 4.79 Å². The largest absolute Gasteiger partial charge is 0.296 e. The molecule has 0 aliphatic rings. The van der Waals surface area contributed by atoms with Crippen molar-refractivity contribution in [3.8, 4) is 0 Å². The molecule has 0 fully saturated rings. The Bertz CT molecular complexity index is 676. The van der Waals surface area contributed by atoms with E-state index in [9.17, 15) is 4.79 Å². The Morgan fingerprint density at radius 1 is 0.667 bits per heavy atom. The van der Waals surface area contributed by atoms with Gasteiger partial charge in [-0.25, -0.2) is 0 Å². The van der Waals surface area contributed by atoms with Gasteiger partial charge in [0.05, 0.1) is 0 Å². The van der Waals surface area contributed by atoms with Gasteiger partial charge < -0.3 is 0 Å². The maximum atomic E-state index is 12.2. The molecule has 0 atom stereocenters. The van der Waals surface area contributed by atoms with E-state index in [-0.39, 0.29) is 28.2 Å². The fraction of sp³-hybridized carbons (Fsp3) is 0.0952. The minimum absolute atomic E-state index is 0. The second-order valence-electron chi connectivity index (χ2n) is 5.68. The molecular formula is C21H20AuOP+. The monoisotopic (exact) mass is 516 g/mol. The van der Waals surface area contributed by atoms with Crippen LogP contribution in [0.1, 0.15) is 6.92 Å². The average molecular weight is 516 g/mol. The summed E-state index contributed by atoms with van der Waals surface area (Å²) < 4.78 is 0. The first kappa shape index (κ1) is 18.8. The van der Waals surface area contributed by atoms with Crippen molar-refractivity contribution in [1.82, 2.24) is 0 Å². The summed E-state index contributed by atoms with van der Waals surface area (Å²) in [5, 5.41) is 3.77. The molecule has 125 valence electrons. The molecule has 1 nitrogen and oxygen atoms in total. The molecule has 3 aromatic rings. The Morgan fingerprint density at radius 2 is 0.958 bits per heavy atom. The third-order valence-electron chi connectivity index (χ3n) is 4.05. The van der Waals surface area contributed by atoms with Gasteiger partial charge in [-0.15, -0.1) is 0 Å². The van der Waals surface area contributed by atoms with E-state index in [2.05, 4.69) is 72.8 Å². The number of rotatable bonds is 5. The summed E-state index contributed by atoms with van der Waals surface area (Å²) in [5.74, 6) is 0.231. The van der Waals surface area contributed by atoms with Gasteiger partial charge in [0, 0.05) is 22.4 Å². The number of carbonyl (C=O) groups excluding carboxylic acids is 1. The van der Waals surface area contributed by atoms with Crippen molar-refractivity contribution in [2.45, 2.75) is 6.92 Å². The summed E-state index contributed by atoms with van der Waals surface area (Å²) in [6.07, 6.45) is 0.561. The number of ketones is 1. The summed E-state index contributed by atoms with van der Waals surface area (Å²) in [7, 11) is -1.96. The van der Waals surface area contributed by atoms with Crippen molar-refractivity contribution in [3.05, 3.63) is 91.0 Å². The second kappa shape index (κ2) is 8.55. The smallest absolute Gasteiger partial charge is 0.168 e. The van der Waals surface area contributed by atoms with Crippen molar-refractivity contribution < 1.29 is 27.2 Å². The van der Waals surface area contributed by atoms with E-state index in [0.717, 1.165) is 0 Å². The zero-order valence-electron chi connectivity index (χ0n) is 13.5. The molecule has 0 unspecified atom stereocenters. The standard InChI is InChI=1S/C21H20OP.Au/c1-18(22)17-23(19-11-5-2-6-12-19,20-13-7-3-8-14-20)21-15-9-4-10-16-21;/h2-16H,17H2,1H3;/q+1;. The Hall–Kier alpha value is -1.50. The molecule has 0 spiro atoms. The van der Waals surface area contributed by atoms with Gasteiger partial charge in [0.1, 0.15) is 29.3 Å². The first-order valence-electron chi connectivity index (χ1n) is 7.78. The molecule has 0 aromatic heterocycles. The van der Waals surface area contributed by atoms with Gasteiger partial charge in [-0.05, 0) is 43.3 Å². The zero-order valence-corrected chi connectivity index (χ0v) is 16.6. The molecule has 0 N–H and O–H groups in total. The molecular weight excluding hydrogens is 496 g/mol. The predicted octanol–water partition coefficient (Wildman–Crippen LogP) is 3.57. The van der Waals surface area contributed by atoms with Crippen LogP contribution in [0, 0.1) is 0 Å². The quantitative estimate of drug-likeness (QED) is 0.375. The number of hydrogen-bond acceptors (Lipinski definition) is 1. The molecule has 3 heteroatoms. The average Bonchev–Trinajstić information content (AvgIpc) is 2.62. The predicted molar refractivity (Wildman–Crippen MR) is 101 cm³/mol. The maximum absolute atomic E-state index is 12.2. The van der Waals surface area contributed by atoms with Crippen LogP contribution in [0.4, 0.5) is 0 Å². The van der Waals surface area contributed by atoms with Crippen LogP contribution in [-0.4, -0.2) is 11.9 Å². The Morgan fingerprint density at radius 3 is 1.21 bits per heavy atom. The summed E-state index contributed by atoms with van der Waals surface area (Å²) >= 11 is 0. The van der Waals surface area contributed by atoms with E-state index in [1.807, 2.05) is 18.2 Å². The van der Waals surface area contributed by atoms with Crippen LogP contribution in [0.15, 0.2) is 91.0 Å². The summed E-state index contributed by atoms with van der Waals surface area (Å²) in [4.78, 5) is 12.2. The Kier molecular flexibility index (Phi) is 6.71. The molecule has 0 aliphatic carbocycles. The van der Waals surface area contributed by atoms with Crippen LogP contribution in [0.2, 0.25) is 0 Å². The minimum atomic E-state index is -1.96. The van der Waals surface area contributed by atoms with Crippen LogP contribution in [0.5, 0.6) is 0 Å². The van der Waals surface area contributed by atoms with Crippen molar-refractivity contribution in [1.29, 1.82) is 0 Å². The second-order valence-corrected chi connectivity index (χ2v) is 9.16. The normalized spacial score (nSPS) is 10.7. The fourth-order valence-corrected chi connectivity index (χ4v) is 7.26. The molecule has 0 saturated heterocycles. The maximum Gasteiger partial charge on any atom is 0.168 e. The summed E-state index contributed by atoms with van der Waals surface area (Å²) in [6, 6.07) is 31.5. The van der Waals surface area contributed by atoms with E-state index in [0.29, 0.717) is 6.16 Å². The molecule has 3 aromatic carbocycles. The van der Waals surface area contributed by atoms with E-state index in [1.165, 1.54) is 15.9 Å². The van der Waals surface area contributed by atoms with E-state index < -0.39 is 7.26 Å². The molecule has 3 rings (SSSR count). The van der Waals surface area contributed by atoms with Crippen LogP contribution < -0.4 is 15.9 Å². The van der Waals surface area contributed by atoms with Crippen LogP contribution in [0.25, 0.3) is 0 Å². The number of carbonyl (C=O) groups is 1. The molecule has 0 saturated carbocycles. The van der Waals surface area contributed by atoms with E-state index in [1.54, 1.807) is 6.92 Å². The van der Waals surface area contributed by atoms with E-state index >= 15 is 0 Å². The number of benzene rings is 3. The number of hydrogen-bond donors (Lipinski definition) is 0. The molecule has 1 radical (unpaired) electrons. The van der Waals surface area contributed by atoms with Gasteiger partial charge in [-0.2, -0.15) is 0 Å². The van der Waals surface area contributed by atoms with Gasteiger partial charge in [0.15, 0.2) is 5.78 Å². The third kappa shape index (κ3) is 3.77. The SMILES string of the molecule is CC(=O)C[P+](c1ccccc1)(c1ccccc1)c1ccccc1.[Au]. The molecule has 0 aliphatic heterocycles. The Balaban J connectivity index is 0.00000208. The fourth-order valence-electron chi connectivity index (χ4n) is 3.10. The van der Waals surface area contributed by atoms with Gasteiger partial charge in [0.25, 0.3) is 0 Å². The van der Waals surface area contributed by atoms with Crippen molar-refractivity contribution in [3.63, 3.8) is 0 Å². The number of Topliss-reactive ketones (excluding diaryl/α,β-unsaturated/α-hetero) is 1. The summed E-state index contributed by atoms with van der Waals surface area (Å²) in [6.45, 7) is 1.70. The van der Waals surface area contributed by atoms with E-state index in [4.69, 9.17) is 0 Å². The van der Waals surface area contributed by atoms with Crippen LogP contribution in [0.3, 0.4) is 0 Å². The molecule has 0 heterocycles. The first-order valence-corrected chi connectivity index (χ1v) is 9.75.